The van der Waals surface area contributed by atoms with Crippen LogP contribution >= 0.6 is 12.4 Å². The van der Waals surface area contributed by atoms with E-state index in [9.17, 15) is 28.8 Å². The first kappa shape index (κ1) is 31.5. The van der Waals surface area contributed by atoms with E-state index in [0.29, 0.717) is 12.2 Å². The molecule has 0 saturated heterocycles. The molecule has 0 aliphatic heterocycles. The van der Waals surface area contributed by atoms with Gasteiger partial charge in [0.25, 0.3) is 0 Å². The Hall–Kier alpha value is -3.23. The number of carboxylic acids is 6. The lowest BCUT2D eigenvalue weighted by Gasteiger charge is -2.07. The monoisotopic (exact) mass is 420 g/mol. The van der Waals surface area contributed by atoms with Crippen molar-refractivity contribution >= 4 is 48.2 Å². The topological polar surface area (TPSA) is 264 Å². The Morgan fingerprint density at radius 2 is 0.815 bits per heavy atom. The van der Waals surface area contributed by atoms with E-state index < -0.39 is 48.0 Å². The van der Waals surface area contributed by atoms with E-state index in [2.05, 4.69) is 0 Å². The Kier molecular flexibility index (Phi) is 20.5. The fourth-order valence-electron chi connectivity index (χ4n) is 0.627. The average molecular weight is 421 g/mol. The zero-order valence-electron chi connectivity index (χ0n) is 13.2. The standard InChI is InChI=1S/C4H6O6.C4H6O4.C4H4O4.ClH/c5-1(3(7)8)2(6)4(9)10;2*5-3(6)1-2-4(7)8;/h1-2,5-6H,(H,7,8)(H,9,10);1-2H2,(H,5,6)(H,7,8);1-2H,(H,5,6)(H,7,8);1H/b;;2-1+;. The summed E-state index contributed by atoms with van der Waals surface area (Å²) in [7, 11) is 0. The zero-order chi connectivity index (χ0) is 21.4. The Morgan fingerprint density at radius 1 is 0.593 bits per heavy atom. The van der Waals surface area contributed by atoms with Crippen molar-refractivity contribution in [2.75, 3.05) is 0 Å². The number of rotatable bonds is 8. The molecule has 156 valence electrons. The summed E-state index contributed by atoms with van der Waals surface area (Å²) in [6.07, 6.45) is -4.01. The van der Waals surface area contributed by atoms with Crippen LogP contribution in [0.15, 0.2) is 12.2 Å². The molecule has 0 spiro atoms. The fraction of sp³-hybridized carbons (Fsp3) is 0.333. The molecule has 0 amide bonds. The molecule has 2 atom stereocenters. The van der Waals surface area contributed by atoms with Gasteiger partial charge in [-0.2, -0.15) is 0 Å². The number of aliphatic hydroxyl groups is 2. The van der Waals surface area contributed by atoms with Crippen molar-refractivity contribution in [1.82, 2.24) is 0 Å². The molecule has 0 heterocycles. The number of hydrogen-bond donors (Lipinski definition) is 8. The summed E-state index contributed by atoms with van der Waals surface area (Å²) in [6, 6.07) is 0. The summed E-state index contributed by atoms with van der Waals surface area (Å²) < 4.78 is 0. The molecule has 0 fully saturated rings. The first-order valence-electron chi connectivity index (χ1n) is 6.11. The summed E-state index contributed by atoms with van der Waals surface area (Å²) >= 11 is 0. The van der Waals surface area contributed by atoms with Crippen LogP contribution in [-0.4, -0.2) is 88.9 Å². The second-order valence-corrected chi connectivity index (χ2v) is 3.86. The highest BCUT2D eigenvalue weighted by atomic mass is 35.5. The first-order valence-corrected chi connectivity index (χ1v) is 6.11. The molecule has 0 aromatic carbocycles. The van der Waals surface area contributed by atoms with Crippen LogP contribution in [0.3, 0.4) is 0 Å². The van der Waals surface area contributed by atoms with Crippen LogP contribution < -0.4 is 0 Å². The predicted molar refractivity (Wildman–Crippen MR) is 83.5 cm³/mol. The van der Waals surface area contributed by atoms with Gasteiger partial charge in [0.2, 0.25) is 0 Å². The minimum Gasteiger partial charge on any atom is -0.481 e. The number of halogens is 1. The third-order valence-corrected chi connectivity index (χ3v) is 1.73. The molecule has 0 aromatic heterocycles. The summed E-state index contributed by atoms with van der Waals surface area (Å²) in [5, 5.41) is 63.9. The third-order valence-electron chi connectivity index (χ3n) is 1.73. The van der Waals surface area contributed by atoms with Crippen molar-refractivity contribution in [3.05, 3.63) is 12.2 Å². The molecule has 0 rings (SSSR count). The highest BCUT2D eigenvalue weighted by Gasteiger charge is 2.29. The normalized spacial score (nSPS) is 11.2. The van der Waals surface area contributed by atoms with Crippen molar-refractivity contribution in [2.24, 2.45) is 0 Å². The summed E-state index contributed by atoms with van der Waals surface area (Å²) in [5.74, 6) is -8.20. The minimum atomic E-state index is -2.27. The smallest absolute Gasteiger partial charge is 0.335 e. The van der Waals surface area contributed by atoms with Crippen LogP contribution in [0.25, 0.3) is 0 Å². The van der Waals surface area contributed by atoms with Crippen LogP contribution in [0.4, 0.5) is 0 Å². The number of hydrogen-bond acceptors (Lipinski definition) is 8. The van der Waals surface area contributed by atoms with Gasteiger partial charge >= 0.3 is 35.8 Å². The van der Waals surface area contributed by atoms with Gasteiger partial charge in [-0.15, -0.1) is 12.4 Å². The molecule has 15 heteroatoms. The lowest BCUT2D eigenvalue weighted by atomic mass is 10.2. The van der Waals surface area contributed by atoms with E-state index in [1.54, 1.807) is 0 Å². The second-order valence-electron chi connectivity index (χ2n) is 3.86. The Labute approximate surface area is 156 Å². The molecule has 0 aromatic rings. The van der Waals surface area contributed by atoms with Crippen molar-refractivity contribution in [2.45, 2.75) is 25.0 Å². The van der Waals surface area contributed by atoms with E-state index in [0.717, 1.165) is 0 Å². The van der Waals surface area contributed by atoms with E-state index in [1.807, 2.05) is 0 Å². The van der Waals surface area contributed by atoms with Crippen LogP contribution in [0, 0.1) is 0 Å². The highest BCUT2D eigenvalue weighted by Crippen LogP contribution is 1.92. The van der Waals surface area contributed by atoms with Crippen molar-refractivity contribution in [3.63, 3.8) is 0 Å². The molecular formula is C12H17ClO14. The quantitative estimate of drug-likeness (QED) is 0.196. The number of aliphatic carboxylic acids is 6. The van der Waals surface area contributed by atoms with Gasteiger partial charge in [-0.05, 0) is 0 Å². The molecule has 14 nitrogen and oxygen atoms in total. The Morgan fingerprint density at radius 3 is 0.926 bits per heavy atom. The molecule has 27 heavy (non-hydrogen) atoms. The van der Waals surface area contributed by atoms with E-state index in [1.165, 1.54) is 0 Å². The molecule has 0 bridgehead atoms. The summed E-state index contributed by atoms with van der Waals surface area (Å²) in [6.45, 7) is 0. The van der Waals surface area contributed by atoms with E-state index in [4.69, 9.17) is 40.9 Å². The second kappa shape index (κ2) is 17.6. The van der Waals surface area contributed by atoms with Gasteiger partial charge in [0.15, 0.2) is 12.2 Å². The average Bonchev–Trinajstić information content (AvgIpc) is 2.50. The van der Waals surface area contributed by atoms with E-state index >= 15 is 0 Å². The zero-order valence-corrected chi connectivity index (χ0v) is 14.0. The van der Waals surface area contributed by atoms with Crippen LogP contribution in [0.1, 0.15) is 12.8 Å². The highest BCUT2D eigenvalue weighted by molar-refractivity contribution is 5.89. The number of carboxylic acid groups (broad SMARTS) is 6. The number of carbonyl (C=O) groups is 6. The molecule has 0 radical (unpaired) electrons. The summed E-state index contributed by atoms with van der Waals surface area (Å²) in [5.41, 5.74) is 0. The minimum absolute atomic E-state index is 0. The lowest BCUT2D eigenvalue weighted by molar-refractivity contribution is -0.165. The largest absolute Gasteiger partial charge is 0.481 e. The van der Waals surface area contributed by atoms with Gasteiger partial charge in [0, 0.05) is 12.2 Å². The summed E-state index contributed by atoms with van der Waals surface area (Å²) in [4.78, 5) is 57.9. The Balaban J connectivity index is -0.000000146. The van der Waals surface area contributed by atoms with Crippen LogP contribution in [-0.2, 0) is 28.8 Å². The molecule has 0 aliphatic carbocycles. The van der Waals surface area contributed by atoms with Gasteiger partial charge < -0.3 is 40.9 Å². The Bertz CT molecular complexity index is 506. The lowest BCUT2D eigenvalue weighted by Crippen LogP contribution is -2.39. The maximum Gasteiger partial charge on any atom is 0.335 e. The van der Waals surface area contributed by atoms with Gasteiger partial charge in [-0.1, -0.05) is 0 Å². The van der Waals surface area contributed by atoms with Gasteiger partial charge in [-0.3, -0.25) is 9.59 Å². The molecule has 0 aliphatic rings. The van der Waals surface area contributed by atoms with Crippen molar-refractivity contribution in [3.8, 4) is 0 Å². The third kappa shape index (κ3) is 27.9. The van der Waals surface area contributed by atoms with Crippen molar-refractivity contribution < 1.29 is 69.6 Å². The molecule has 0 saturated carbocycles. The van der Waals surface area contributed by atoms with Crippen LogP contribution in [0.2, 0.25) is 0 Å². The van der Waals surface area contributed by atoms with Gasteiger partial charge in [-0.25, -0.2) is 19.2 Å². The molecular weight excluding hydrogens is 404 g/mol. The maximum absolute atomic E-state index is 9.77. The number of aliphatic hydroxyl groups excluding tert-OH is 2. The van der Waals surface area contributed by atoms with Crippen molar-refractivity contribution in [1.29, 1.82) is 0 Å². The SMILES string of the molecule is Cl.O=C(O)/C=C/C(=O)O.O=C(O)C(O)C(O)C(=O)O.O=C(O)CCC(=O)O. The maximum atomic E-state index is 9.77. The predicted octanol–water partition coefficient (Wildman–Crippen LogP) is -2.05. The fourth-order valence-corrected chi connectivity index (χ4v) is 0.627. The molecule has 8 N–H and O–H groups in total. The van der Waals surface area contributed by atoms with Crippen LogP contribution in [0.5, 0.6) is 0 Å². The van der Waals surface area contributed by atoms with Gasteiger partial charge in [0.05, 0.1) is 12.8 Å². The molecule has 2 unspecified atom stereocenters. The van der Waals surface area contributed by atoms with Gasteiger partial charge in [0.1, 0.15) is 0 Å². The van der Waals surface area contributed by atoms with E-state index in [-0.39, 0.29) is 25.2 Å². The first-order chi connectivity index (χ1) is 11.7.